The Morgan fingerprint density at radius 3 is 2.50 bits per heavy atom. The van der Waals surface area contributed by atoms with Crippen molar-refractivity contribution in [2.75, 3.05) is 5.32 Å². The van der Waals surface area contributed by atoms with Crippen LogP contribution < -0.4 is 10.6 Å². The van der Waals surface area contributed by atoms with Gasteiger partial charge in [0.2, 0.25) is 0 Å². The molecule has 0 radical (unpaired) electrons. The third kappa shape index (κ3) is 4.49. The summed E-state index contributed by atoms with van der Waals surface area (Å²) in [5.74, 6) is -2.45. The summed E-state index contributed by atoms with van der Waals surface area (Å²) in [6.07, 6.45) is 0.166. The van der Waals surface area contributed by atoms with Crippen molar-refractivity contribution < 1.29 is 23.5 Å². The van der Waals surface area contributed by atoms with E-state index in [1.807, 2.05) is 0 Å². The zero-order valence-electron chi connectivity index (χ0n) is 11.2. The van der Waals surface area contributed by atoms with Crippen LogP contribution in [-0.2, 0) is 4.79 Å². The number of hydrogen-bond acceptors (Lipinski definition) is 2. The first-order chi connectivity index (χ1) is 9.33. The lowest BCUT2D eigenvalue weighted by atomic mass is 10.1. The van der Waals surface area contributed by atoms with E-state index in [-0.39, 0.29) is 17.7 Å². The van der Waals surface area contributed by atoms with Crippen LogP contribution in [0.1, 0.15) is 25.3 Å². The van der Waals surface area contributed by atoms with Gasteiger partial charge < -0.3 is 15.7 Å². The normalized spacial score (nSPS) is 11.8. The maximum Gasteiger partial charge on any atom is 0.319 e. The Hall–Kier alpha value is -2.18. The summed E-state index contributed by atoms with van der Waals surface area (Å²) in [4.78, 5) is 22.2. The molecule has 20 heavy (non-hydrogen) atoms. The van der Waals surface area contributed by atoms with Crippen molar-refractivity contribution in [3.63, 3.8) is 0 Å². The fraction of sp³-hybridized carbons (Fsp3) is 0.385. The number of urea groups is 1. The second kappa shape index (κ2) is 6.83. The molecule has 0 aliphatic rings. The smallest absolute Gasteiger partial charge is 0.319 e. The van der Waals surface area contributed by atoms with E-state index in [2.05, 4.69) is 10.6 Å². The maximum atomic E-state index is 13.5. The number of carbonyl (C=O) groups is 2. The van der Waals surface area contributed by atoms with Crippen LogP contribution in [0.2, 0.25) is 0 Å². The predicted octanol–water partition coefficient (Wildman–Crippen LogP) is 2.65. The summed E-state index contributed by atoms with van der Waals surface area (Å²) in [6.45, 7) is 3.11. The molecule has 1 aromatic carbocycles. The van der Waals surface area contributed by atoms with Crippen molar-refractivity contribution in [1.29, 1.82) is 0 Å². The summed E-state index contributed by atoms with van der Waals surface area (Å²) in [7, 11) is 0. The number of benzene rings is 1. The van der Waals surface area contributed by atoms with Crippen molar-refractivity contribution in [2.45, 2.75) is 32.7 Å². The van der Waals surface area contributed by atoms with E-state index in [4.69, 9.17) is 5.11 Å². The second-order valence-electron chi connectivity index (χ2n) is 4.38. The number of aryl methyl sites for hydroxylation is 1. The van der Waals surface area contributed by atoms with Gasteiger partial charge in [-0.25, -0.2) is 13.6 Å². The Bertz CT molecular complexity index is 521. The topological polar surface area (TPSA) is 78.4 Å². The monoisotopic (exact) mass is 286 g/mol. The largest absolute Gasteiger partial charge is 0.481 e. The van der Waals surface area contributed by atoms with Crippen molar-refractivity contribution in [3.05, 3.63) is 29.3 Å². The van der Waals surface area contributed by atoms with Crippen LogP contribution in [-0.4, -0.2) is 23.1 Å². The summed E-state index contributed by atoms with van der Waals surface area (Å²) in [6, 6.07) is 0.494. The molecule has 0 spiro atoms. The molecule has 1 unspecified atom stereocenters. The summed E-state index contributed by atoms with van der Waals surface area (Å²) in [5, 5.41) is 13.2. The molecular formula is C13H16F2N2O3. The Balaban J connectivity index is 2.71. The number of halogens is 2. The van der Waals surface area contributed by atoms with Gasteiger partial charge in [-0.05, 0) is 25.0 Å². The van der Waals surface area contributed by atoms with Crippen molar-refractivity contribution in [1.82, 2.24) is 5.32 Å². The number of carboxylic acid groups (broad SMARTS) is 1. The van der Waals surface area contributed by atoms with Gasteiger partial charge in [-0.3, -0.25) is 4.79 Å². The number of anilines is 1. The highest BCUT2D eigenvalue weighted by Gasteiger charge is 2.15. The summed E-state index contributed by atoms with van der Waals surface area (Å²) in [5.41, 5.74) is -0.165. The van der Waals surface area contributed by atoms with E-state index in [0.29, 0.717) is 6.42 Å². The lowest BCUT2D eigenvalue weighted by Crippen LogP contribution is -2.39. The molecule has 110 valence electrons. The molecule has 0 bridgehead atoms. The SMILES string of the molecule is CCC(CC(=O)O)NC(=O)Nc1cc(F)c(C)cc1F. The van der Waals surface area contributed by atoms with Crippen LogP contribution >= 0.6 is 0 Å². The highest BCUT2D eigenvalue weighted by molar-refractivity contribution is 5.89. The molecule has 7 heteroatoms. The van der Waals surface area contributed by atoms with Crippen molar-refractivity contribution >= 4 is 17.7 Å². The van der Waals surface area contributed by atoms with Crippen molar-refractivity contribution in [2.24, 2.45) is 0 Å². The van der Waals surface area contributed by atoms with Gasteiger partial charge in [0.15, 0.2) is 0 Å². The number of rotatable bonds is 5. The third-order valence-electron chi connectivity index (χ3n) is 2.75. The van der Waals surface area contributed by atoms with Crippen LogP contribution in [0.5, 0.6) is 0 Å². The predicted molar refractivity (Wildman–Crippen MR) is 69.6 cm³/mol. The molecule has 2 amide bonds. The summed E-state index contributed by atoms with van der Waals surface area (Å²) >= 11 is 0. The van der Waals surface area contributed by atoms with Gasteiger partial charge in [0.1, 0.15) is 11.6 Å². The number of carbonyl (C=O) groups excluding carboxylic acids is 1. The average molecular weight is 286 g/mol. The average Bonchev–Trinajstić information content (AvgIpc) is 2.34. The van der Waals surface area contributed by atoms with Gasteiger partial charge >= 0.3 is 12.0 Å². The van der Waals surface area contributed by atoms with E-state index in [1.165, 1.54) is 6.92 Å². The molecule has 1 aromatic rings. The van der Waals surface area contributed by atoms with Gasteiger partial charge in [0.05, 0.1) is 12.1 Å². The third-order valence-corrected chi connectivity index (χ3v) is 2.75. The number of hydrogen-bond donors (Lipinski definition) is 3. The Labute approximate surface area is 115 Å². The molecule has 0 aliphatic carbocycles. The van der Waals surface area contributed by atoms with Gasteiger partial charge in [-0.1, -0.05) is 6.92 Å². The molecule has 0 fully saturated rings. The zero-order valence-corrected chi connectivity index (χ0v) is 11.2. The van der Waals surface area contributed by atoms with Gasteiger partial charge in [-0.15, -0.1) is 0 Å². The molecule has 0 aliphatic heterocycles. The van der Waals surface area contributed by atoms with Crippen molar-refractivity contribution in [3.8, 4) is 0 Å². The maximum absolute atomic E-state index is 13.5. The number of aliphatic carboxylic acids is 1. The molecule has 5 nitrogen and oxygen atoms in total. The van der Waals surface area contributed by atoms with Crippen LogP contribution in [0.25, 0.3) is 0 Å². The highest BCUT2D eigenvalue weighted by Crippen LogP contribution is 2.18. The minimum atomic E-state index is -1.05. The quantitative estimate of drug-likeness (QED) is 0.778. The Morgan fingerprint density at radius 1 is 1.30 bits per heavy atom. The minimum absolute atomic E-state index is 0.130. The van der Waals surface area contributed by atoms with E-state index in [0.717, 1.165) is 12.1 Å². The standard InChI is InChI=1S/C13H16F2N2O3/c1-3-8(5-12(18)19)16-13(20)17-11-6-9(14)7(2)4-10(11)15/h4,6,8H,3,5H2,1-2H3,(H,18,19)(H2,16,17,20). The molecule has 0 saturated carbocycles. The van der Waals surface area contributed by atoms with Gasteiger partial charge in [0, 0.05) is 12.1 Å². The van der Waals surface area contributed by atoms with Crippen LogP contribution in [0, 0.1) is 18.6 Å². The first-order valence-electron chi connectivity index (χ1n) is 6.08. The van der Waals surface area contributed by atoms with Gasteiger partial charge in [0.25, 0.3) is 0 Å². The first kappa shape index (κ1) is 15.9. The molecule has 0 aromatic heterocycles. The lowest BCUT2D eigenvalue weighted by molar-refractivity contribution is -0.137. The van der Waals surface area contributed by atoms with E-state index < -0.39 is 29.7 Å². The highest BCUT2D eigenvalue weighted by atomic mass is 19.1. The lowest BCUT2D eigenvalue weighted by Gasteiger charge is -2.16. The van der Waals surface area contributed by atoms with E-state index in [1.54, 1.807) is 6.92 Å². The molecule has 0 saturated heterocycles. The zero-order chi connectivity index (χ0) is 15.3. The minimum Gasteiger partial charge on any atom is -0.481 e. The molecule has 1 rings (SSSR count). The second-order valence-corrected chi connectivity index (χ2v) is 4.38. The first-order valence-corrected chi connectivity index (χ1v) is 6.08. The Kier molecular flexibility index (Phi) is 5.42. The number of nitrogens with one attached hydrogen (secondary N) is 2. The number of carboxylic acids is 1. The van der Waals surface area contributed by atoms with Gasteiger partial charge in [-0.2, -0.15) is 0 Å². The fourth-order valence-corrected chi connectivity index (χ4v) is 1.59. The van der Waals surface area contributed by atoms with E-state index in [9.17, 15) is 18.4 Å². The molecule has 0 heterocycles. The molecule has 3 N–H and O–H groups in total. The summed E-state index contributed by atoms with van der Waals surface area (Å²) < 4.78 is 26.8. The molecule has 1 atom stereocenters. The van der Waals surface area contributed by atoms with Crippen LogP contribution in [0.15, 0.2) is 12.1 Å². The molecular weight excluding hydrogens is 270 g/mol. The van der Waals surface area contributed by atoms with Crippen LogP contribution in [0.4, 0.5) is 19.3 Å². The van der Waals surface area contributed by atoms with E-state index >= 15 is 0 Å². The fourth-order valence-electron chi connectivity index (χ4n) is 1.59. The Morgan fingerprint density at radius 2 is 1.95 bits per heavy atom. The van der Waals surface area contributed by atoms with Crippen LogP contribution in [0.3, 0.4) is 0 Å². The number of amides is 2.